The zero-order valence-electron chi connectivity index (χ0n) is 9.55. The minimum Gasteiger partial charge on any atom is -0.478 e. The monoisotopic (exact) mass is 240 g/mol. The van der Waals surface area contributed by atoms with Gasteiger partial charge < -0.3 is 19.0 Å². The van der Waals surface area contributed by atoms with E-state index in [1.807, 2.05) is 0 Å². The molecule has 17 heavy (non-hydrogen) atoms. The first-order chi connectivity index (χ1) is 8.25. The van der Waals surface area contributed by atoms with Crippen molar-refractivity contribution in [2.75, 3.05) is 19.8 Å². The summed E-state index contributed by atoms with van der Waals surface area (Å²) in [6.45, 7) is 2.60. The highest BCUT2D eigenvalue weighted by atomic mass is 16.5. The zero-order chi connectivity index (χ0) is 12.1. The molecule has 5 nitrogen and oxygen atoms in total. The number of furan rings is 1. The highest BCUT2D eigenvalue weighted by Gasteiger charge is 2.14. The third kappa shape index (κ3) is 3.57. The molecular formula is C12H16O5. The summed E-state index contributed by atoms with van der Waals surface area (Å²) < 4.78 is 15.8. The molecule has 5 heteroatoms. The van der Waals surface area contributed by atoms with E-state index in [1.165, 1.54) is 12.3 Å². The van der Waals surface area contributed by atoms with Crippen molar-refractivity contribution in [2.24, 2.45) is 5.92 Å². The van der Waals surface area contributed by atoms with E-state index >= 15 is 0 Å². The van der Waals surface area contributed by atoms with E-state index in [0.717, 1.165) is 26.1 Å². The first-order valence-corrected chi connectivity index (χ1v) is 5.72. The molecular weight excluding hydrogens is 224 g/mol. The molecule has 2 heterocycles. The molecule has 0 atom stereocenters. The highest BCUT2D eigenvalue weighted by molar-refractivity contribution is 5.87. The van der Waals surface area contributed by atoms with Gasteiger partial charge in [0.15, 0.2) is 0 Å². The fourth-order valence-electron chi connectivity index (χ4n) is 1.81. The fraction of sp³-hybridized carbons (Fsp3) is 0.583. The minimum absolute atomic E-state index is 0.162. The Bertz CT molecular complexity index is 365. The van der Waals surface area contributed by atoms with Crippen molar-refractivity contribution in [3.8, 4) is 0 Å². The molecule has 1 N–H and O–H groups in total. The van der Waals surface area contributed by atoms with Crippen molar-refractivity contribution in [2.45, 2.75) is 19.4 Å². The largest absolute Gasteiger partial charge is 0.478 e. The summed E-state index contributed by atoms with van der Waals surface area (Å²) in [5.74, 6) is 0.108. The Morgan fingerprint density at radius 1 is 1.47 bits per heavy atom. The summed E-state index contributed by atoms with van der Waals surface area (Å²) in [4.78, 5) is 10.6. The van der Waals surface area contributed by atoms with Gasteiger partial charge in [0.25, 0.3) is 0 Å². The molecule has 1 fully saturated rings. The average molecular weight is 240 g/mol. The van der Waals surface area contributed by atoms with Crippen LogP contribution in [0.4, 0.5) is 0 Å². The number of rotatable bonds is 5. The molecule has 0 spiro atoms. The topological polar surface area (TPSA) is 68.9 Å². The molecule has 0 aliphatic carbocycles. The second-order valence-corrected chi connectivity index (χ2v) is 4.18. The average Bonchev–Trinajstić information content (AvgIpc) is 2.79. The number of hydrogen-bond donors (Lipinski definition) is 1. The molecule has 0 bridgehead atoms. The van der Waals surface area contributed by atoms with Gasteiger partial charge in [-0.25, -0.2) is 4.79 Å². The first-order valence-electron chi connectivity index (χ1n) is 5.72. The van der Waals surface area contributed by atoms with Crippen LogP contribution in [-0.4, -0.2) is 30.9 Å². The maximum Gasteiger partial charge on any atom is 0.338 e. The van der Waals surface area contributed by atoms with E-state index in [4.69, 9.17) is 19.0 Å². The zero-order valence-corrected chi connectivity index (χ0v) is 9.55. The predicted molar refractivity (Wildman–Crippen MR) is 58.9 cm³/mol. The maximum absolute atomic E-state index is 10.6. The molecule has 0 amide bonds. The van der Waals surface area contributed by atoms with Gasteiger partial charge in [-0.2, -0.15) is 0 Å². The molecule has 0 radical (unpaired) electrons. The van der Waals surface area contributed by atoms with E-state index in [1.54, 1.807) is 0 Å². The minimum atomic E-state index is -0.982. The molecule has 2 rings (SSSR count). The van der Waals surface area contributed by atoms with Crippen LogP contribution >= 0.6 is 0 Å². The molecule has 1 saturated heterocycles. The Morgan fingerprint density at radius 3 is 2.88 bits per heavy atom. The van der Waals surface area contributed by atoms with Crippen LogP contribution in [0.2, 0.25) is 0 Å². The van der Waals surface area contributed by atoms with Crippen molar-refractivity contribution >= 4 is 5.97 Å². The van der Waals surface area contributed by atoms with Gasteiger partial charge in [-0.05, 0) is 24.8 Å². The Kier molecular flexibility index (Phi) is 4.17. The maximum atomic E-state index is 10.6. The number of carboxylic acid groups (broad SMARTS) is 1. The van der Waals surface area contributed by atoms with Crippen molar-refractivity contribution in [3.05, 3.63) is 23.7 Å². The van der Waals surface area contributed by atoms with Crippen molar-refractivity contribution in [3.63, 3.8) is 0 Å². The summed E-state index contributed by atoms with van der Waals surface area (Å²) >= 11 is 0. The summed E-state index contributed by atoms with van der Waals surface area (Å²) in [5.41, 5.74) is 0.162. The normalized spacial score (nSPS) is 17.2. The molecule has 0 aromatic carbocycles. The molecule has 94 valence electrons. The summed E-state index contributed by atoms with van der Waals surface area (Å²) in [6.07, 6.45) is 3.28. The lowest BCUT2D eigenvalue weighted by Crippen LogP contribution is -2.20. The van der Waals surface area contributed by atoms with Gasteiger partial charge in [-0.1, -0.05) is 0 Å². The second-order valence-electron chi connectivity index (χ2n) is 4.18. The number of aromatic carboxylic acids is 1. The smallest absolute Gasteiger partial charge is 0.338 e. The van der Waals surface area contributed by atoms with Crippen LogP contribution in [0.1, 0.15) is 29.0 Å². The van der Waals surface area contributed by atoms with Gasteiger partial charge >= 0.3 is 5.97 Å². The number of carbonyl (C=O) groups is 1. The quantitative estimate of drug-likeness (QED) is 0.851. The molecule has 1 aromatic rings. The Hall–Kier alpha value is -1.33. The lowest BCUT2D eigenvalue weighted by Gasteiger charge is -2.21. The summed E-state index contributed by atoms with van der Waals surface area (Å²) in [6, 6.07) is 1.49. The molecule has 0 unspecified atom stereocenters. The van der Waals surface area contributed by atoms with Gasteiger partial charge in [-0.3, -0.25) is 0 Å². The van der Waals surface area contributed by atoms with E-state index in [0.29, 0.717) is 24.9 Å². The van der Waals surface area contributed by atoms with E-state index in [2.05, 4.69) is 0 Å². The Labute approximate surface area is 99.3 Å². The highest BCUT2D eigenvalue weighted by Crippen LogP contribution is 2.16. The summed E-state index contributed by atoms with van der Waals surface area (Å²) in [7, 11) is 0. The predicted octanol–water partition coefficient (Wildman–Crippen LogP) is 1.92. The van der Waals surface area contributed by atoms with Crippen LogP contribution < -0.4 is 0 Å². The third-order valence-corrected chi connectivity index (χ3v) is 2.84. The van der Waals surface area contributed by atoms with Crippen LogP contribution in [0.3, 0.4) is 0 Å². The number of carboxylic acids is 1. The van der Waals surface area contributed by atoms with Gasteiger partial charge in [-0.15, -0.1) is 0 Å². The lowest BCUT2D eigenvalue weighted by atomic mass is 10.0. The summed E-state index contributed by atoms with van der Waals surface area (Å²) in [5, 5.41) is 8.71. The van der Waals surface area contributed by atoms with Gasteiger partial charge in [0.05, 0.1) is 12.2 Å². The molecule has 1 aliphatic heterocycles. The van der Waals surface area contributed by atoms with Crippen molar-refractivity contribution in [1.82, 2.24) is 0 Å². The SMILES string of the molecule is O=C(O)c1coc(COCC2CCOCC2)c1. The van der Waals surface area contributed by atoms with Crippen LogP contribution in [0.15, 0.2) is 16.7 Å². The van der Waals surface area contributed by atoms with E-state index < -0.39 is 5.97 Å². The van der Waals surface area contributed by atoms with Crippen molar-refractivity contribution < 1.29 is 23.8 Å². The molecule has 1 aliphatic rings. The van der Waals surface area contributed by atoms with Gasteiger partial charge in [0.1, 0.15) is 18.6 Å². The standard InChI is InChI=1S/C12H16O5/c13-12(14)10-5-11(17-7-10)8-16-6-9-1-3-15-4-2-9/h5,7,9H,1-4,6,8H2,(H,13,14). The van der Waals surface area contributed by atoms with E-state index in [9.17, 15) is 4.79 Å². The second kappa shape index (κ2) is 5.84. The Morgan fingerprint density at radius 2 is 2.24 bits per heavy atom. The first kappa shape index (κ1) is 12.1. The van der Waals surface area contributed by atoms with E-state index in [-0.39, 0.29) is 5.56 Å². The fourth-order valence-corrected chi connectivity index (χ4v) is 1.81. The van der Waals surface area contributed by atoms with Crippen LogP contribution in [0.5, 0.6) is 0 Å². The Balaban J connectivity index is 1.71. The van der Waals surface area contributed by atoms with Crippen LogP contribution in [0.25, 0.3) is 0 Å². The number of hydrogen-bond acceptors (Lipinski definition) is 4. The van der Waals surface area contributed by atoms with Crippen LogP contribution in [0, 0.1) is 5.92 Å². The molecule has 0 saturated carbocycles. The number of ether oxygens (including phenoxy) is 2. The van der Waals surface area contributed by atoms with Crippen molar-refractivity contribution in [1.29, 1.82) is 0 Å². The molecule has 1 aromatic heterocycles. The van der Waals surface area contributed by atoms with Gasteiger partial charge in [0, 0.05) is 13.2 Å². The third-order valence-electron chi connectivity index (χ3n) is 2.84. The lowest BCUT2D eigenvalue weighted by molar-refractivity contribution is 0.0120. The van der Waals surface area contributed by atoms with Gasteiger partial charge in [0.2, 0.25) is 0 Å². The van der Waals surface area contributed by atoms with Crippen LogP contribution in [-0.2, 0) is 16.1 Å².